The maximum Gasteiger partial charge on any atom is 0.167 e. The van der Waals surface area contributed by atoms with Gasteiger partial charge in [-0.1, -0.05) is 127 Å². The highest BCUT2D eigenvalue weighted by atomic mass is 32.1. The predicted octanol–water partition coefficient (Wildman–Crippen LogP) is 12.3. The first-order valence-electron chi connectivity index (χ1n) is 19.2. The Hall–Kier alpha value is -7.15. The van der Waals surface area contributed by atoms with Crippen molar-refractivity contribution >= 4 is 76.6 Å². The fraction of sp³-hybridized carbons (Fsp3) is 0.0392. The van der Waals surface area contributed by atoms with Gasteiger partial charge in [-0.3, -0.25) is 0 Å². The summed E-state index contributed by atoms with van der Waals surface area (Å²) in [6, 6.07) is 54.8. The molecule has 11 aromatic rings. The number of hydrogen-bond donors (Lipinski definition) is 0. The lowest BCUT2D eigenvalue weighted by Crippen LogP contribution is -2.24. The van der Waals surface area contributed by atoms with E-state index in [2.05, 4.69) is 97.1 Å². The molecule has 1 unspecified atom stereocenters. The van der Waals surface area contributed by atoms with E-state index < -0.39 is 0 Å². The third-order valence-electron chi connectivity index (χ3n) is 11.3. The highest BCUT2D eigenvalue weighted by Crippen LogP contribution is 2.45. The molecule has 0 saturated heterocycles. The largest absolute Gasteiger partial charge is 0.456 e. The summed E-state index contributed by atoms with van der Waals surface area (Å²) in [4.78, 5) is 15.0. The standard InChI is InChI=1S/C51H31N3O2S/c1-3-13-30(14-4-1)49-52-50(31-15-5-2-6-16-31)54-51(53-49)39-21-11-20-37-35-26-25-32(29-43(35)56-47(37)39)33-27-40-34-17-7-9-22-42(34)55-48(40)41(28-33)36-19-12-24-45-46(36)38-18-8-10-23-44(38)57-45/h1-24,26-29,32H,25H2. The molecule has 57 heavy (non-hydrogen) atoms. The van der Waals surface area contributed by atoms with Gasteiger partial charge in [0.05, 0.1) is 5.56 Å². The summed E-state index contributed by atoms with van der Waals surface area (Å²) >= 11 is 1.84. The van der Waals surface area contributed by atoms with Gasteiger partial charge in [0.1, 0.15) is 22.2 Å². The predicted molar refractivity (Wildman–Crippen MR) is 233 cm³/mol. The van der Waals surface area contributed by atoms with Crippen LogP contribution in [0.3, 0.4) is 0 Å². The lowest BCUT2D eigenvalue weighted by atomic mass is 9.87. The number of fused-ring (bicyclic) bond motifs is 9. The van der Waals surface area contributed by atoms with Gasteiger partial charge < -0.3 is 8.83 Å². The molecule has 0 radical (unpaired) electrons. The van der Waals surface area contributed by atoms with Crippen molar-refractivity contribution in [2.24, 2.45) is 0 Å². The van der Waals surface area contributed by atoms with Gasteiger partial charge in [-0.2, -0.15) is 0 Å². The monoisotopic (exact) mass is 749 g/mol. The minimum atomic E-state index is 0.0864. The zero-order chi connectivity index (χ0) is 37.5. The maximum absolute atomic E-state index is 6.87. The van der Waals surface area contributed by atoms with E-state index in [-0.39, 0.29) is 5.92 Å². The van der Waals surface area contributed by atoms with Crippen molar-refractivity contribution in [3.8, 4) is 45.3 Å². The first kappa shape index (κ1) is 32.1. The summed E-state index contributed by atoms with van der Waals surface area (Å²) in [5.41, 5.74) is 9.65. The molecule has 4 heterocycles. The molecule has 0 N–H and O–H groups in total. The molecule has 12 rings (SSSR count). The number of furan rings is 2. The van der Waals surface area contributed by atoms with Crippen LogP contribution in [0.4, 0.5) is 0 Å². The molecule has 0 spiro atoms. The highest BCUT2D eigenvalue weighted by molar-refractivity contribution is 7.25. The molecule has 5 nitrogen and oxygen atoms in total. The van der Waals surface area contributed by atoms with E-state index in [0.717, 1.165) is 72.2 Å². The molecule has 6 heteroatoms. The smallest absolute Gasteiger partial charge is 0.167 e. The highest BCUT2D eigenvalue weighted by Gasteiger charge is 2.23. The Morgan fingerprint density at radius 2 is 1.12 bits per heavy atom. The second kappa shape index (κ2) is 12.7. The fourth-order valence-electron chi connectivity index (χ4n) is 8.59. The molecule has 0 aliphatic heterocycles. The van der Waals surface area contributed by atoms with Crippen LogP contribution in [-0.2, 0) is 0 Å². The van der Waals surface area contributed by atoms with Gasteiger partial charge in [-0.25, -0.2) is 15.0 Å². The first-order chi connectivity index (χ1) is 28.2. The zero-order valence-electron chi connectivity index (χ0n) is 30.5. The molecule has 1 atom stereocenters. The Bertz CT molecular complexity index is 3450. The molecule has 0 saturated carbocycles. The van der Waals surface area contributed by atoms with Gasteiger partial charge in [-0.15, -0.1) is 11.3 Å². The number of rotatable bonds is 5. The lowest BCUT2D eigenvalue weighted by Gasteiger charge is -2.16. The van der Waals surface area contributed by atoms with Crippen LogP contribution in [0.5, 0.6) is 0 Å². The Morgan fingerprint density at radius 1 is 0.491 bits per heavy atom. The van der Waals surface area contributed by atoms with Crippen LogP contribution in [0.1, 0.15) is 17.9 Å². The topological polar surface area (TPSA) is 65.0 Å². The molecule has 1 aliphatic carbocycles. The third-order valence-corrected chi connectivity index (χ3v) is 12.4. The average molecular weight is 750 g/mol. The van der Waals surface area contributed by atoms with E-state index in [4.69, 9.17) is 23.8 Å². The summed E-state index contributed by atoms with van der Waals surface area (Å²) in [7, 11) is 0. The lowest BCUT2D eigenvalue weighted by molar-refractivity contribution is 0.570. The minimum absolute atomic E-state index is 0.0864. The molecular weight excluding hydrogens is 719 g/mol. The van der Waals surface area contributed by atoms with Crippen molar-refractivity contribution in [3.63, 3.8) is 0 Å². The number of nitrogens with zero attached hydrogens (tertiary/aromatic N) is 3. The van der Waals surface area contributed by atoms with Crippen molar-refractivity contribution in [1.82, 2.24) is 15.0 Å². The number of aromatic nitrogens is 3. The van der Waals surface area contributed by atoms with Crippen LogP contribution in [-0.4, -0.2) is 15.0 Å². The average Bonchev–Trinajstić information content (AvgIpc) is 3.97. The van der Waals surface area contributed by atoms with E-state index >= 15 is 0 Å². The van der Waals surface area contributed by atoms with Crippen LogP contribution < -0.4 is 10.6 Å². The zero-order valence-corrected chi connectivity index (χ0v) is 31.3. The van der Waals surface area contributed by atoms with Gasteiger partial charge in [0.15, 0.2) is 17.5 Å². The van der Waals surface area contributed by atoms with Crippen molar-refractivity contribution in [2.75, 3.05) is 0 Å². The summed E-state index contributed by atoms with van der Waals surface area (Å²) < 4.78 is 16.1. The Morgan fingerprint density at radius 3 is 1.93 bits per heavy atom. The van der Waals surface area contributed by atoms with Crippen molar-refractivity contribution in [2.45, 2.75) is 12.3 Å². The van der Waals surface area contributed by atoms with E-state index in [9.17, 15) is 0 Å². The summed E-state index contributed by atoms with van der Waals surface area (Å²) in [6.45, 7) is 0. The minimum Gasteiger partial charge on any atom is -0.456 e. The van der Waals surface area contributed by atoms with E-state index in [1.54, 1.807) is 0 Å². The molecule has 0 bridgehead atoms. The molecular formula is C51H31N3O2S. The van der Waals surface area contributed by atoms with Crippen LogP contribution >= 0.6 is 11.3 Å². The van der Waals surface area contributed by atoms with Gasteiger partial charge in [0, 0.05) is 64.2 Å². The Labute approximate surface area is 330 Å². The fourth-order valence-corrected chi connectivity index (χ4v) is 9.72. The molecule has 268 valence electrons. The molecule has 1 aliphatic rings. The van der Waals surface area contributed by atoms with Crippen LogP contribution in [0.15, 0.2) is 167 Å². The second-order valence-corrected chi connectivity index (χ2v) is 15.7. The summed E-state index contributed by atoms with van der Waals surface area (Å²) in [6.07, 6.45) is 5.46. The Balaban J connectivity index is 1.04. The molecule has 7 aromatic carbocycles. The molecule has 4 aromatic heterocycles. The van der Waals surface area contributed by atoms with E-state index in [0.29, 0.717) is 17.5 Å². The summed E-state index contributed by atoms with van der Waals surface area (Å²) in [5, 5.41) is 6.94. The Kier molecular flexibility index (Phi) is 7.16. The molecule has 0 fully saturated rings. The van der Waals surface area contributed by atoms with Crippen molar-refractivity contribution in [3.05, 3.63) is 174 Å². The first-order valence-corrected chi connectivity index (χ1v) is 20.0. The van der Waals surface area contributed by atoms with Crippen LogP contribution in [0, 0.1) is 0 Å². The van der Waals surface area contributed by atoms with Gasteiger partial charge in [0.25, 0.3) is 0 Å². The van der Waals surface area contributed by atoms with Gasteiger partial charge in [-0.05, 0) is 60.0 Å². The van der Waals surface area contributed by atoms with Crippen LogP contribution in [0.2, 0.25) is 0 Å². The number of thiophene rings is 1. The van der Waals surface area contributed by atoms with Gasteiger partial charge in [0.2, 0.25) is 0 Å². The normalized spacial score (nSPS) is 14.0. The number of hydrogen-bond acceptors (Lipinski definition) is 6. The van der Waals surface area contributed by atoms with Crippen LogP contribution in [0.25, 0.3) is 111 Å². The third kappa shape index (κ3) is 5.18. The number of benzene rings is 7. The van der Waals surface area contributed by atoms with E-state index in [1.165, 1.54) is 31.3 Å². The van der Waals surface area contributed by atoms with E-state index in [1.807, 2.05) is 84.1 Å². The second-order valence-electron chi connectivity index (χ2n) is 14.6. The summed E-state index contributed by atoms with van der Waals surface area (Å²) in [5.74, 6) is 1.90. The quantitative estimate of drug-likeness (QED) is 0.175. The molecule has 0 amide bonds. The SMILES string of the molecule is C1=c2oc3c(-c4nc(-c5ccccc5)nc(-c5ccccc5)n4)cccc3c2=CCC1c1cc(-c2cccc3sc4ccccc4c23)c2oc3ccccc3c2c1. The number of para-hydroxylation sites is 2. The maximum atomic E-state index is 6.87. The van der Waals surface area contributed by atoms with Crippen molar-refractivity contribution in [1.29, 1.82) is 0 Å². The van der Waals surface area contributed by atoms with Crippen molar-refractivity contribution < 1.29 is 8.83 Å². The van der Waals surface area contributed by atoms with Gasteiger partial charge >= 0.3 is 0 Å².